The van der Waals surface area contributed by atoms with Gasteiger partial charge in [0, 0.05) is 12.7 Å². The van der Waals surface area contributed by atoms with Crippen LogP contribution in [0.25, 0.3) is 0 Å². The molecule has 1 aromatic rings. The van der Waals surface area contributed by atoms with Crippen LogP contribution in [0, 0.1) is 11.3 Å². The van der Waals surface area contributed by atoms with Gasteiger partial charge in [-0.1, -0.05) is 30.3 Å². The summed E-state index contributed by atoms with van der Waals surface area (Å²) >= 11 is 0. The first-order valence-corrected chi connectivity index (χ1v) is 5.99. The number of nitrogens with one attached hydrogen (secondary N) is 2. The van der Waals surface area contributed by atoms with Gasteiger partial charge in [0.2, 0.25) is 0 Å². The number of aliphatic hydroxyl groups is 1. The van der Waals surface area contributed by atoms with Crippen molar-refractivity contribution in [3.05, 3.63) is 47.7 Å². The zero-order valence-electron chi connectivity index (χ0n) is 10.8. The fourth-order valence-corrected chi connectivity index (χ4v) is 1.49. The van der Waals surface area contributed by atoms with Crippen molar-refractivity contribution in [3.63, 3.8) is 0 Å². The Kier molecular flexibility index (Phi) is 6.13. The molecule has 1 amide bonds. The molecule has 3 N–H and O–H groups in total. The highest BCUT2D eigenvalue weighted by Gasteiger charge is 2.13. The minimum absolute atomic E-state index is 0.0174. The average Bonchev–Trinajstić information content (AvgIpc) is 2.44. The lowest BCUT2D eigenvalue weighted by atomic mass is 10.1. The van der Waals surface area contributed by atoms with Gasteiger partial charge in [-0.3, -0.25) is 4.79 Å². The van der Waals surface area contributed by atoms with Crippen molar-refractivity contribution >= 4 is 5.91 Å². The number of hydrogen-bond acceptors (Lipinski definition) is 4. The van der Waals surface area contributed by atoms with Gasteiger partial charge in [0.1, 0.15) is 11.6 Å². The first kappa shape index (κ1) is 14.7. The van der Waals surface area contributed by atoms with Crippen molar-refractivity contribution in [3.8, 4) is 6.07 Å². The first-order chi connectivity index (χ1) is 9.19. The summed E-state index contributed by atoms with van der Waals surface area (Å²) < 4.78 is 0. The number of carbonyl (C=O) groups is 1. The second-order valence-electron chi connectivity index (χ2n) is 3.95. The summed E-state index contributed by atoms with van der Waals surface area (Å²) in [6, 6.07) is 11.1. The molecule has 0 saturated carbocycles. The number of benzene rings is 1. The third-order valence-electron chi connectivity index (χ3n) is 2.51. The van der Waals surface area contributed by atoms with E-state index < -0.39 is 5.91 Å². The molecule has 0 aliphatic carbocycles. The molecule has 0 fully saturated rings. The van der Waals surface area contributed by atoms with Crippen molar-refractivity contribution in [2.75, 3.05) is 13.2 Å². The summed E-state index contributed by atoms with van der Waals surface area (Å²) in [5, 5.41) is 22.9. The van der Waals surface area contributed by atoms with E-state index in [4.69, 9.17) is 10.4 Å². The van der Waals surface area contributed by atoms with E-state index >= 15 is 0 Å². The Balaban J connectivity index is 2.63. The van der Waals surface area contributed by atoms with E-state index in [0.717, 1.165) is 5.56 Å². The molecular formula is C14H17N3O2. The lowest BCUT2D eigenvalue weighted by Crippen LogP contribution is -2.28. The van der Waals surface area contributed by atoms with E-state index in [1.54, 1.807) is 0 Å². The highest BCUT2D eigenvalue weighted by molar-refractivity contribution is 5.97. The smallest absolute Gasteiger partial charge is 0.263 e. The van der Waals surface area contributed by atoms with Gasteiger partial charge < -0.3 is 15.7 Å². The Morgan fingerprint density at radius 1 is 1.47 bits per heavy atom. The Bertz CT molecular complexity index is 477. The molecule has 0 heterocycles. The van der Waals surface area contributed by atoms with Crippen LogP contribution in [0.15, 0.2) is 42.1 Å². The van der Waals surface area contributed by atoms with Crippen LogP contribution >= 0.6 is 0 Å². The molecule has 0 saturated heterocycles. The van der Waals surface area contributed by atoms with Crippen LogP contribution in [-0.4, -0.2) is 24.2 Å². The molecule has 100 valence electrons. The molecule has 1 unspecified atom stereocenters. The van der Waals surface area contributed by atoms with Crippen molar-refractivity contribution in [1.82, 2.24) is 10.6 Å². The van der Waals surface area contributed by atoms with E-state index in [9.17, 15) is 4.79 Å². The summed E-state index contributed by atoms with van der Waals surface area (Å²) in [5.74, 6) is -0.440. The fraction of sp³-hybridized carbons (Fsp3) is 0.286. The average molecular weight is 259 g/mol. The molecule has 1 rings (SSSR count). The summed E-state index contributed by atoms with van der Waals surface area (Å²) in [7, 11) is 0. The van der Waals surface area contributed by atoms with E-state index in [1.165, 1.54) is 6.20 Å². The fourth-order valence-electron chi connectivity index (χ4n) is 1.49. The van der Waals surface area contributed by atoms with Crippen LogP contribution in [0.5, 0.6) is 0 Å². The second-order valence-corrected chi connectivity index (χ2v) is 3.95. The molecule has 5 heteroatoms. The van der Waals surface area contributed by atoms with Crippen LogP contribution in [0.3, 0.4) is 0 Å². The zero-order valence-corrected chi connectivity index (χ0v) is 10.8. The molecule has 1 atom stereocenters. The molecule has 0 aliphatic heterocycles. The van der Waals surface area contributed by atoms with E-state index in [2.05, 4.69) is 10.6 Å². The summed E-state index contributed by atoms with van der Waals surface area (Å²) in [4.78, 5) is 11.8. The van der Waals surface area contributed by atoms with E-state index in [-0.39, 0.29) is 18.2 Å². The van der Waals surface area contributed by atoms with Crippen molar-refractivity contribution in [2.24, 2.45) is 0 Å². The quantitative estimate of drug-likeness (QED) is 0.402. The topological polar surface area (TPSA) is 85.2 Å². The predicted octanol–water partition coefficient (Wildman–Crippen LogP) is 0.853. The van der Waals surface area contributed by atoms with Gasteiger partial charge in [0.25, 0.3) is 5.91 Å². The molecule has 5 nitrogen and oxygen atoms in total. The normalized spacial score (nSPS) is 12.4. The van der Waals surface area contributed by atoms with Crippen LogP contribution in [0.4, 0.5) is 0 Å². The minimum Gasteiger partial charge on any atom is -0.395 e. The summed E-state index contributed by atoms with van der Waals surface area (Å²) in [5.41, 5.74) is 0.952. The van der Waals surface area contributed by atoms with Crippen LogP contribution in [0.2, 0.25) is 0 Å². The van der Waals surface area contributed by atoms with Gasteiger partial charge in [-0.2, -0.15) is 5.26 Å². The Morgan fingerprint density at radius 3 is 2.74 bits per heavy atom. The lowest BCUT2D eigenvalue weighted by molar-refractivity contribution is -0.117. The number of nitriles is 1. The summed E-state index contributed by atoms with van der Waals surface area (Å²) in [6.07, 6.45) is 1.31. The van der Waals surface area contributed by atoms with Gasteiger partial charge in [0.15, 0.2) is 0 Å². The van der Waals surface area contributed by atoms with E-state index in [1.807, 2.05) is 43.3 Å². The maximum absolute atomic E-state index is 11.8. The van der Waals surface area contributed by atoms with Crippen molar-refractivity contribution < 1.29 is 9.90 Å². The van der Waals surface area contributed by atoms with Gasteiger partial charge in [0.05, 0.1) is 12.6 Å². The molecule has 1 aromatic carbocycles. The standard InChI is InChI=1S/C14H17N3O2/c1-11(12-5-3-2-4-6-12)17-14(19)13(9-15)10-16-7-8-18/h2-6,10-11,16,18H,7-8H2,1H3,(H,17,19)/b13-10-. The maximum Gasteiger partial charge on any atom is 0.263 e. The molecule has 19 heavy (non-hydrogen) atoms. The predicted molar refractivity (Wildman–Crippen MR) is 71.8 cm³/mol. The van der Waals surface area contributed by atoms with Crippen molar-refractivity contribution in [2.45, 2.75) is 13.0 Å². The molecule has 0 aromatic heterocycles. The Morgan fingerprint density at radius 2 is 2.16 bits per heavy atom. The molecule has 0 radical (unpaired) electrons. The van der Waals surface area contributed by atoms with Crippen LogP contribution < -0.4 is 10.6 Å². The number of amides is 1. The Hall–Kier alpha value is -2.32. The van der Waals surface area contributed by atoms with Gasteiger partial charge in [-0.15, -0.1) is 0 Å². The third kappa shape index (κ3) is 4.82. The third-order valence-corrected chi connectivity index (χ3v) is 2.51. The molecular weight excluding hydrogens is 242 g/mol. The number of carbonyl (C=O) groups excluding carboxylic acids is 1. The maximum atomic E-state index is 11.8. The highest BCUT2D eigenvalue weighted by Crippen LogP contribution is 2.11. The van der Waals surface area contributed by atoms with Crippen LogP contribution in [-0.2, 0) is 4.79 Å². The largest absolute Gasteiger partial charge is 0.395 e. The first-order valence-electron chi connectivity index (χ1n) is 5.99. The molecule has 0 bridgehead atoms. The minimum atomic E-state index is -0.440. The SMILES string of the molecule is CC(NC(=O)/C(C#N)=C\NCCO)c1ccccc1. The highest BCUT2D eigenvalue weighted by atomic mass is 16.3. The monoisotopic (exact) mass is 259 g/mol. The number of nitrogens with zero attached hydrogens (tertiary/aromatic N) is 1. The lowest BCUT2D eigenvalue weighted by Gasteiger charge is -2.13. The van der Waals surface area contributed by atoms with Gasteiger partial charge >= 0.3 is 0 Å². The van der Waals surface area contributed by atoms with E-state index in [0.29, 0.717) is 6.54 Å². The second kappa shape index (κ2) is 7.90. The van der Waals surface area contributed by atoms with Gasteiger partial charge in [-0.25, -0.2) is 0 Å². The summed E-state index contributed by atoms with van der Waals surface area (Å²) in [6.45, 7) is 2.09. The molecule has 0 aliphatic rings. The number of aliphatic hydroxyl groups excluding tert-OH is 1. The van der Waals surface area contributed by atoms with Crippen molar-refractivity contribution in [1.29, 1.82) is 5.26 Å². The molecule has 0 spiro atoms. The zero-order chi connectivity index (χ0) is 14.1. The van der Waals surface area contributed by atoms with Gasteiger partial charge in [-0.05, 0) is 12.5 Å². The van der Waals surface area contributed by atoms with Crippen LogP contribution in [0.1, 0.15) is 18.5 Å². The number of hydrogen-bond donors (Lipinski definition) is 3. The number of rotatable bonds is 6. The Labute approximate surface area is 112 Å².